The van der Waals surface area contributed by atoms with Crippen molar-refractivity contribution in [1.29, 1.82) is 0 Å². The maximum Gasteiger partial charge on any atom is 0.294 e. The Bertz CT molecular complexity index is 1380. The number of rotatable bonds is 4. The van der Waals surface area contributed by atoms with Gasteiger partial charge in [0.05, 0.1) is 11.0 Å². The topological polar surface area (TPSA) is 78.7 Å². The first-order valence-electron chi connectivity index (χ1n) is 15.8. The van der Waals surface area contributed by atoms with Gasteiger partial charge in [0.2, 0.25) is 7.37 Å². The highest BCUT2D eigenvalue weighted by Crippen LogP contribution is 2.50. The Balaban J connectivity index is 1.20. The van der Waals surface area contributed by atoms with Crippen molar-refractivity contribution in [3.63, 3.8) is 0 Å². The van der Waals surface area contributed by atoms with E-state index in [0.717, 1.165) is 47.7 Å². The van der Waals surface area contributed by atoms with E-state index in [0.29, 0.717) is 42.7 Å². The van der Waals surface area contributed by atoms with Crippen LogP contribution in [0.15, 0.2) is 40.5 Å². The minimum absolute atomic E-state index is 0.00283. The van der Waals surface area contributed by atoms with E-state index in [1.54, 1.807) is 0 Å². The van der Waals surface area contributed by atoms with Crippen LogP contribution in [0.2, 0.25) is 0 Å². The Morgan fingerprint density at radius 3 is 2.27 bits per heavy atom. The molecule has 3 aliphatic heterocycles. The molecule has 5 atom stereocenters. The number of fused-ring (bicyclic) bond motifs is 5. The summed E-state index contributed by atoms with van der Waals surface area (Å²) in [5, 5.41) is 0.603. The van der Waals surface area contributed by atoms with Crippen LogP contribution in [-0.4, -0.2) is 57.2 Å². The average Bonchev–Trinajstić information content (AvgIpc) is 2.91. The first kappa shape index (κ1) is 26.9. The van der Waals surface area contributed by atoms with E-state index < -0.39 is 7.37 Å². The normalized spacial score (nSPS) is 36.2. The molecule has 2 saturated heterocycles. The molecular formula is C32H45N4O3P. The van der Waals surface area contributed by atoms with Gasteiger partial charge >= 0.3 is 0 Å². The summed E-state index contributed by atoms with van der Waals surface area (Å²) in [4.78, 5) is 34.1. The third-order valence-corrected chi connectivity index (χ3v) is 12.4. The molecule has 4 heterocycles. The van der Waals surface area contributed by atoms with Crippen molar-refractivity contribution < 1.29 is 9.46 Å². The summed E-state index contributed by atoms with van der Waals surface area (Å²) in [6, 6.07) is 10.1. The predicted molar refractivity (Wildman–Crippen MR) is 161 cm³/mol. The maximum absolute atomic E-state index is 14.2. The molecule has 2 aromatic rings. The molecule has 4 bridgehead atoms. The van der Waals surface area contributed by atoms with Crippen molar-refractivity contribution in [2.24, 2.45) is 17.8 Å². The fraction of sp³-hybridized carbons (Fsp3) is 0.688. The molecule has 0 radical (unpaired) electrons. The van der Waals surface area contributed by atoms with Crippen molar-refractivity contribution in [3.8, 4) is 0 Å². The highest BCUT2D eigenvalue weighted by molar-refractivity contribution is 7.61. The molecule has 0 amide bonds. The lowest BCUT2D eigenvalue weighted by molar-refractivity contribution is -0.0524. The van der Waals surface area contributed by atoms with Crippen molar-refractivity contribution in [1.82, 2.24) is 14.5 Å². The van der Waals surface area contributed by atoms with Crippen LogP contribution in [-0.2, 0) is 4.57 Å². The van der Waals surface area contributed by atoms with Crippen molar-refractivity contribution >= 4 is 24.2 Å². The zero-order chi connectivity index (χ0) is 27.6. The van der Waals surface area contributed by atoms with Gasteiger partial charge < -0.3 is 14.4 Å². The minimum Gasteiger partial charge on any atom is -0.348 e. The molecule has 40 heavy (non-hydrogen) atoms. The zero-order valence-corrected chi connectivity index (χ0v) is 25.0. The van der Waals surface area contributed by atoms with Gasteiger partial charge in [-0.05, 0) is 94.1 Å². The van der Waals surface area contributed by atoms with Crippen molar-refractivity contribution in [2.75, 3.05) is 24.7 Å². The predicted octanol–water partition coefficient (Wildman–Crippen LogP) is 6.16. The number of nitrogens with zero attached hydrogens (tertiary/aromatic N) is 4. The smallest absolute Gasteiger partial charge is 0.294 e. The van der Waals surface area contributed by atoms with Crippen molar-refractivity contribution in [2.45, 2.75) is 102 Å². The Morgan fingerprint density at radius 1 is 0.925 bits per heavy atom. The quantitative estimate of drug-likeness (QED) is 0.448. The number of hydrogen-bond donors (Lipinski definition) is 1. The third-order valence-electron chi connectivity index (χ3n) is 10.9. The summed E-state index contributed by atoms with van der Waals surface area (Å²) in [7, 11) is -3.25. The molecular weight excluding hydrogens is 519 g/mol. The molecule has 1 aromatic heterocycles. The summed E-state index contributed by atoms with van der Waals surface area (Å²) in [5.41, 5.74) is 1.80. The second-order valence-electron chi connectivity index (χ2n) is 13.9. The van der Waals surface area contributed by atoms with Crippen LogP contribution in [0, 0.1) is 17.8 Å². The van der Waals surface area contributed by atoms with Crippen LogP contribution in [0.5, 0.6) is 0 Å². The Morgan fingerprint density at radius 2 is 1.62 bits per heavy atom. The Labute approximate surface area is 238 Å². The molecule has 2 saturated carbocycles. The maximum atomic E-state index is 14.2. The fourth-order valence-corrected chi connectivity index (χ4v) is 10.5. The molecule has 216 valence electrons. The van der Waals surface area contributed by atoms with Gasteiger partial charge in [0.15, 0.2) is 5.82 Å². The van der Waals surface area contributed by atoms with Crippen LogP contribution in [0.4, 0.5) is 5.82 Å². The molecule has 4 fully saturated rings. The van der Waals surface area contributed by atoms with Gasteiger partial charge in [0, 0.05) is 49.2 Å². The fourth-order valence-electron chi connectivity index (χ4n) is 9.53. The van der Waals surface area contributed by atoms with E-state index in [4.69, 9.17) is 4.98 Å². The molecule has 5 aliphatic rings. The number of aromatic nitrogens is 2. The Hall–Kier alpha value is -1.95. The second-order valence-corrected chi connectivity index (χ2v) is 16.2. The number of anilines is 1. The lowest BCUT2D eigenvalue weighted by atomic mass is 9.65. The highest BCUT2D eigenvalue weighted by atomic mass is 31.2. The van der Waals surface area contributed by atoms with Gasteiger partial charge in [-0.15, -0.1) is 0 Å². The van der Waals surface area contributed by atoms with E-state index in [-0.39, 0.29) is 11.6 Å². The van der Waals surface area contributed by atoms with E-state index in [1.807, 2.05) is 29.2 Å². The molecule has 1 N–H and O–H groups in total. The van der Waals surface area contributed by atoms with E-state index >= 15 is 0 Å². The standard InChI is InChI=1S/C32H45N4O3P/c1-21-14-22-16-23(15-21)18-26(17-22)35-24-6-5-7-25(35)20-27(19-24)36-30-9-4-3-8-29(30)33-31(32(36)37)34-12-10-28(11-13-34)40(2,38)39/h3-4,8-10,21-27H,5-7,11-20H2,1-2H3,(H,38,39)/t21?,22-,23-,24+,25+,26?/m1/s1. The SMILES string of the molecule is CC1C[C@H]2CC(N3[C@H]4CCC[C@H]3CC(n3c(=O)c(N5CC=C(P(C)(=O)O)CC5)nc5ccccc53)C4)C[C@H](C1)C2. The van der Waals surface area contributed by atoms with Crippen molar-refractivity contribution in [3.05, 3.63) is 46.0 Å². The minimum atomic E-state index is -3.25. The second kappa shape index (κ2) is 10.4. The van der Waals surface area contributed by atoms with Crippen LogP contribution < -0.4 is 10.5 Å². The molecule has 7 rings (SSSR count). The summed E-state index contributed by atoms with van der Waals surface area (Å²) in [6.07, 6.45) is 15.2. The van der Waals surface area contributed by atoms with E-state index in [1.165, 1.54) is 58.0 Å². The summed E-state index contributed by atoms with van der Waals surface area (Å²) < 4.78 is 14.3. The molecule has 1 aromatic carbocycles. The Kier molecular flexibility index (Phi) is 7.00. The van der Waals surface area contributed by atoms with Crippen LogP contribution in [0.25, 0.3) is 11.0 Å². The van der Waals surface area contributed by atoms with Gasteiger partial charge in [-0.3, -0.25) is 14.3 Å². The molecule has 2 aliphatic carbocycles. The highest BCUT2D eigenvalue weighted by Gasteiger charge is 2.46. The van der Waals surface area contributed by atoms with Gasteiger partial charge in [-0.2, -0.15) is 0 Å². The first-order chi connectivity index (χ1) is 19.2. The molecule has 0 spiro atoms. The number of hydrogen-bond acceptors (Lipinski definition) is 5. The third kappa shape index (κ3) is 4.90. The number of piperidine rings is 2. The van der Waals surface area contributed by atoms with Gasteiger partial charge in [-0.1, -0.05) is 31.6 Å². The van der Waals surface area contributed by atoms with E-state index in [2.05, 4.69) is 22.5 Å². The summed E-state index contributed by atoms with van der Waals surface area (Å²) >= 11 is 0. The summed E-state index contributed by atoms with van der Waals surface area (Å²) in [6.45, 7) is 4.84. The van der Waals surface area contributed by atoms with Gasteiger partial charge in [-0.25, -0.2) is 4.98 Å². The zero-order valence-electron chi connectivity index (χ0n) is 24.1. The summed E-state index contributed by atoms with van der Waals surface area (Å²) in [5.74, 6) is 3.20. The van der Waals surface area contributed by atoms with Crippen LogP contribution >= 0.6 is 7.37 Å². The lowest BCUT2D eigenvalue weighted by Crippen LogP contribution is -2.59. The lowest BCUT2D eigenvalue weighted by Gasteiger charge is -2.55. The molecule has 8 heteroatoms. The van der Waals surface area contributed by atoms with Crippen LogP contribution in [0.3, 0.4) is 0 Å². The van der Waals surface area contributed by atoms with Gasteiger partial charge in [0.25, 0.3) is 5.56 Å². The molecule has 1 unspecified atom stereocenters. The largest absolute Gasteiger partial charge is 0.348 e. The molecule has 7 nitrogen and oxygen atoms in total. The first-order valence-corrected chi connectivity index (χ1v) is 17.9. The van der Waals surface area contributed by atoms with Crippen LogP contribution in [0.1, 0.15) is 83.6 Å². The van der Waals surface area contributed by atoms with E-state index in [9.17, 15) is 14.3 Å². The number of para-hydroxylation sites is 2. The van der Waals surface area contributed by atoms with Gasteiger partial charge in [0.1, 0.15) is 0 Å². The number of benzene rings is 1. The monoisotopic (exact) mass is 564 g/mol. The average molecular weight is 565 g/mol.